The third-order valence-corrected chi connectivity index (χ3v) is 4.66. The number of hydrogen-bond acceptors (Lipinski definition) is 3. The molecule has 1 fully saturated rings. The standard InChI is InChI=1S/C17H29N3/c1-12-8-6-7-9-15(12)17(14(3)18)20-10-13(2)16(11-20)19(4)5/h6-9,13-14,16-17H,10-11,18H2,1-5H3. The third-order valence-electron chi connectivity index (χ3n) is 4.66. The van der Waals surface area contributed by atoms with E-state index in [1.54, 1.807) is 0 Å². The molecule has 2 N–H and O–H groups in total. The predicted molar refractivity (Wildman–Crippen MR) is 85.8 cm³/mol. The molecule has 112 valence electrons. The van der Waals surface area contributed by atoms with Crippen LogP contribution in [0.5, 0.6) is 0 Å². The fraction of sp³-hybridized carbons (Fsp3) is 0.647. The molecule has 1 aliphatic rings. The molecule has 1 aromatic rings. The lowest BCUT2D eigenvalue weighted by molar-refractivity contribution is 0.196. The van der Waals surface area contributed by atoms with Gasteiger partial charge in [-0.2, -0.15) is 0 Å². The van der Waals surface area contributed by atoms with Gasteiger partial charge >= 0.3 is 0 Å². The Hall–Kier alpha value is -0.900. The average Bonchev–Trinajstić information content (AvgIpc) is 2.73. The van der Waals surface area contributed by atoms with Crippen molar-refractivity contribution in [3.8, 4) is 0 Å². The van der Waals surface area contributed by atoms with Gasteiger partial charge in [0.15, 0.2) is 0 Å². The minimum Gasteiger partial charge on any atom is -0.326 e. The molecular formula is C17H29N3. The first-order valence-corrected chi connectivity index (χ1v) is 7.63. The van der Waals surface area contributed by atoms with E-state index in [9.17, 15) is 0 Å². The zero-order chi connectivity index (χ0) is 14.9. The van der Waals surface area contributed by atoms with Crippen molar-refractivity contribution < 1.29 is 0 Å². The molecule has 0 aliphatic carbocycles. The molecule has 0 spiro atoms. The topological polar surface area (TPSA) is 32.5 Å². The smallest absolute Gasteiger partial charge is 0.0499 e. The van der Waals surface area contributed by atoms with Gasteiger partial charge < -0.3 is 10.6 Å². The minimum atomic E-state index is 0.143. The molecule has 4 atom stereocenters. The number of likely N-dealkylation sites (tertiary alicyclic amines) is 1. The van der Waals surface area contributed by atoms with E-state index in [2.05, 4.69) is 68.9 Å². The zero-order valence-corrected chi connectivity index (χ0v) is 13.5. The van der Waals surface area contributed by atoms with Gasteiger partial charge in [-0.3, -0.25) is 4.90 Å². The maximum atomic E-state index is 6.33. The molecule has 20 heavy (non-hydrogen) atoms. The summed E-state index contributed by atoms with van der Waals surface area (Å²) in [7, 11) is 4.36. The van der Waals surface area contributed by atoms with Gasteiger partial charge in [-0.15, -0.1) is 0 Å². The molecule has 0 amide bonds. The minimum absolute atomic E-state index is 0.143. The second-order valence-electron chi connectivity index (χ2n) is 6.62. The normalized spacial score (nSPS) is 26.9. The maximum absolute atomic E-state index is 6.33. The fourth-order valence-corrected chi connectivity index (χ4v) is 3.62. The molecule has 1 aromatic carbocycles. The van der Waals surface area contributed by atoms with E-state index in [1.807, 2.05) is 0 Å². The SMILES string of the molecule is Cc1ccccc1C(C(C)N)N1CC(C)C(N(C)C)C1. The predicted octanol–water partition coefficient (Wildman–Crippen LogP) is 2.27. The monoisotopic (exact) mass is 275 g/mol. The van der Waals surface area contributed by atoms with Crippen molar-refractivity contribution >= 4 is 0 Å². The Morgan fingerprint density at radius 2 is 1.90 bits per heavy atom. The summed E-state index contributed by atoms with van der Waals surface area (Å²) in [6.45, 7) is 8.90. The van der Waals surface area contributed by atoms with Crippen LogP contribution in [0, 0.1) is 12.8 Å². The molecule has 4 unspecified atom stereocenters. The molecule has 0 radical (unpaired) electrons. The van der Waals surface area contributed by atoms with Crippen LogP contribution in [0.3, 0.4) is 0 Å². The van der Waals surface area contributed by atoms with Crippen LogP contribution in [0.25, 0.3) is 0 Å². The zero-order valence-electron chi connectivity index (χ0n) is 13.5. The van der Waals surface area contributed by atoms with Crippen LogP contribution < -0.4 is 5.73 Å². The summed E-state index contributed by atoms with van der Waals surface area (Å²) in [5.74, 6) is 0.690. The van der Waals surface area contributed by atoms with Gasteiger partial charge in [0.1, 0.15) is 0 Å². The van der Waals surface area contributed by atoms with Crippen molar-refractivity contribution in [3.63, 3.8) is 0 Å². The van der Waals surface area contributed by atoms with Gasteiger partial charge in [0.05, 0.1) is 0 Å². The van der Waals surface area contributed by atoms with Gasteiger partial charge in [-0.05, 0) is 45.0 Å². The van der Waals surface area contributed by atoms with Crippen molar-refractivity contribution in [1.29, 1.82) is 0 Å². The number of benzene rings is 1. The van der Waals surface area contributed by atoms with Crippen molar-refractivity contribution in [2.45, 2.75) is 38.9 Å². The summed E-state index contributed by atoms with van der Waals surface area (Å²) in [6.07, 6.45) is 0. The van der Waals surface area contributed by atoms with Crippen molar-refractivity contribution in [2.75, 3.05) is 27.2 Å². The Bertz CT molecular complexity index is 442. The summed E-state index contributed by atoms with van der Waals surface area (Å²) in [6, 6.07) is 9.74. The van der Waals surface area contributed by atoms with E-state index in [1.165, 1.54) is 11.1 Å². The van der Waals surface area contributed by atoms with Crippen LogP contribution in [0.2, 0.25) is 0 Å². The number of aryl methyl sites for hydroxylation is 1. The lowest BCUT2D eigenvalue weighted by Gasteiger charge is -2.33. The van der Waals surface area contributed by atoms with E-state index in [0.717, 1.165) is 13.1 Å². The Balaban J connectivity index is 2.25. The molecule has 0 saturated carbocycles. The number of rotatable bonds is 4. The number of likely N-dealkylation sites (N-methyl/N-ethyl adjacent to an activating group) is 1. The van der Waals surface area contributed by atoms with Crippen LogP contribution in [0.15, 0.2) is 24.3 Å². The summed E-state index contributed by atoms with van der Waals surface area (Å²) < 4.78 is 0. The quantitative estimate of drug-likeness (QED) is 0.915. The van der Waals surface area contributed by atoms with Gasteiger partial charge in [-0.1, -0.05) is 31.2 Å². The van der Waals surface area contributed by atoms with Crippen LogP contribution in [-0.2, 0) is 0 Å². The Kier molecular flexibility index (Phi) is 4.84. The van der Waals surface area contributed by atoms with E-state index < -0.39 is 0 Å². The van der Waals surface area contributed by atoms with Gasteiger partial charge in [0.25, 0.3) is 0 Å². The number of nitrogens with zero attached hydrogens (tertiary/aromatic N) is 2. The summed E-state index contributed by atoms with van der Waals surface area (Å²) >= 11 is 0. The van der Waals surface area contributed by atoms with Gasteiger partial charge in [-0.25, -0.2) is 0 Å². The van der Waals surface area contributed by atoms with Gasteiger partial charge in [0, 0.05) is 31.2 Å². The molecule has 0 aromatic heterocycles. The summed E-state index contributed by atoms with van der Waals surface area (Å²) in [5.41, 5.74) is 9.06. The lowest BCUT2D eigenvalue weighted by atomic mass is 9.95. The van der Waals surface area contributed by atoms with E-state index >= 15 is 0 Å². The fourth-order valence-electron chi connectivity index (χ4n) is 3.62. The maximum Gasteiger partial charge on any atom is 0.0499 e. The first-order chi connectivity index (χ1) is 9.41. The van der Waals surface area contributed by atoms with Crippen molar-refractivity contribution in [3.05, 3.63) is 35.4 Å². The number of hydrogen-bond donors (Lipinski definition) is 1. The molecular weight excluding hydrogens is 246 g/mol. The van der Waals surface area contributed by atoms with Crippen LogP contribution >= 0.6 is 0 Å². The highest BCUT2D eigenvalue weighted by atomic mass is 15.3. The Morgan fingerprint density at radius 1 is 1.25 bits per heavy atom. The molecule has 3 nitrogen and oxygen atoms in total. The third kappa shape index (κ3) is 3.05. The Labute approximate surface area is 123 Å². The number of nitrogens with two attached hydrogens (primary N) is 1. The van der Waals surface area contributed by atoms with Crippen molar-refractivity contribution in [2.24, 2.45) is 11.7 Å². The second kappa shape index (κ2) is 6.25. The van der Waals surface area contributed by atoms with Crippen molar-refractivity contribution in [1.82, 2.24) is 9.80 Å². The highest BCUT2D eigenvalue weighted by Crippen LogP contribution is 2.32. The largest absolute Gasteiger partial charge is 0.326 e. The summed E-state index contributed by atoms with van der Waals surface area (Å²) in [5, 5.41) is 0. The van der Waals surface area contributed by atoms with E-state index in [0.29, 0.717) is 18.0 Å². The molecule has 1 aliphatic heterocycles. The average molecular weight is 275 g/mol. The molecule has 0 bridgehead atoms. The highest BCUT2D eigenvalue weighted by molar-refractivity contribution is 5.30. The first-order valence-electron chi connectivity index (χ1n) is 7.63. The second-order valence-corrected chi connectivity index (χ2v) is 6.62. The summed E-state index contributed by atoms with van der Waals surface area (Å²) in [4.78, 5) is 4.92. The molecule has 1 saturated heterocycles. The van der Waals surface area contributed by atoms with Crippen LogP contribution in [0.4, 0.5) is 0 Å². The van der Waals surface area contributed by atoms with E-state index in [-0.39, 0.29) is 6.04 Å². The van der Waals surface area contributed by atoms with Crippen LogP contribution in [-0.4, -0.2) is 49.1 Å². The molecule has 2 rings (SSSR count). The first kappa shape index (κ1) is 15.5. The molecule has 1 heterocycles. The van der Waals surface area contributed by atoms with E-state index in [4.69, 9.17) is 5.73 Å². The highest BCUT2D eigenvalue weighted by Gasteiger charge is 2.36. The lowest BCUT2D eigenvalue weighted by Crippen LogP contribution is -2.40. The molecule has 3 heteroatoms. The van der Waals surface area contributed by atoms with Gasteiger partial charge in [0.2, 0.25) is 0 Å². The van der Waals surface area contributed by atoms with Crippen LogP contribution in [0.1, 0.15) is 31.0 Å². The Morgan fingerprint density at radius 3 is 2.40 bits per heavy atom.